The number of hydrogen-bond donors (Lipinski definition) is 1. The number of carbonyl (C=O) groups is 1. The van der Waals surface area contributed by atoms with Crippen LogP contribution in [0.3, 0.4) is 0 Å². The van der Waals surface area contributed by atoms with Crippen LogP contribution >= 0.6 is 0 Å². The Morgan fingerprint density at radius 3 is 2.91 bits per heavy atom. The molecule has 1 saturated heterocycles. The van der Waals surface area contributed by atoms with Crippen LogP contribution in [0, 0.1) is 5.92 Å². The molecule has 22 heavy (non-hydrogen) atoms. The summed E-state index contributed by atoms with van der Waals surface area (Å²) in [6, 6.07) is 1.59. The summed E-state index contributed by atoms with van der Waals surface area (Å²) < 4.78 is 11.1. The molecule has 2 N–H and O–H groups in total. The number of piperidine rings is 1. The first kappa shape index (κ1) is 16.3. The third-order valence-corrected chi connectivity index (χ3v) is 3.30. The fourth-order valence-electron chi connectivity index (χ4n) is 2.33. The molecule has 1 amide bonds. The third-order valence-electron chi connectivity index (χ3n) is 3.30. The number of carbonyl (C=O) groups excluding carboxylic acids is 1. The molecule has 122 valence electrons. The number of nitrogens with two attached hydrogens (primary N) is 1. The van der Waals surface area contributed by atoms with Crippen LogP contribution in [0.25, 0.3) is 0 Å². The van der Waals surface area contributed by atoms with Gasteiger partial charge >= 0.3 is 6.09 Å². The van der Waals surface area contributed by atoms with Crippen LogP contribution < -0.4 is 10.5 Å². The minimum atomic E-state index is -0.473. The van der Waals surface area contributed by atoms with E-state index in [1.54, 1.807) is 11.0 Å². The topological polar surface area (TPSA) is 90.6 Å². The fourth-order valence-corrected chi connectivity index (χ4v) is 2.33. The first-order chi connectivity index (χ1) is 10.3. The number of nitrogen functional groups attached to an aromatic ring is 1. The zero-order valence-electron chi connectivity index (χ0n) is 13.4. The highest BCUT2D eigenvalue weighted by atomic mass is 16.6. The highest BCUT2D eigenvalue weighted by Crippen LogP contribution is 2.20. The van der Waals surface area contributed by atoms with E-state index in [0.29, 0.717) is 24.8 Å². The number of ether oxygens (including phenoxy) is 2. The fraction of sp³-hybridized carbons (Fsp3) is 0.667. The van der Waals surface area contributed by atoms with Crippen LogP contribution in [0.15, 0.2) is 12.4 Å². The molecule has 1 aromatic rings. The quantitative estimate of drug-likeness (QED) is 0.919. The number of likely N-dealkylation sites (tertiary alicyclic amines) is 1. The summed E-state index contributed by atoms with van der Waals surface area (Å²) in [4.78, 5) is 21.7. The molecule has 1 fully saturated rings. The molecule has 2 rings (SSSR count). The molecular formula is C15H24N4O3. The van der Waals surface area contributed by atoms with Gasteiger partial charge in [0.05, 0.1) is 6.61 Å². The molecule has 1 unspecified atom stereocenters. The Bertz CT molecular complexity index is 516. The van der Waals surface area contributed by atoms with E-state index < -0.39 is 5.60 Å². The SMILES string of the molecule is CC(C)(C)OC(=O)N1CCCC(COc2cc(N)ncn2)C1. The molecule has 7 nitrogen and oxygen atoms in total. The van der Waals surface area contributed by atoms with Gasteiger partial charge in [0.15, 0.2) is 0 Å². The third kappa shape index (κ3) is 5.05. The van der Waals surface area contributed by atoms with Crippen molar-refractivity contribution in [2.24, 2.45) is 5.92 Å². The lowest BCUT2D eigenvalue weighted by Crippen LogP contribution is -2.44. The average Bonchev–Trinajstić information content (AvgIpc) is 2.44. The number of aromatic nitrogens is 2. The van der Waals surface area contributed by atoms with Crippen molar-refractivity contribution >= 4 is 11.9 Å². The van der Waals surface area contributed by atoms with Gasteiger partial charge in [-0.2, -0.15) is 0 Å². The molecule has 0 aliphatic carbocycles. The van der Waals surface area contributed by atoms with Crippen LogP contribution in [0.5, 0.6) is 5.88 Å². The number of anilines is 1. The van der Waals surface area contributed by atoms with Gasteiger partial charge in [0.1, 0.15) is 17.7 Å². The van der Waals surface area contributed by atoms with Crippen molar-refractivity contribution in [1.29, 1.82) is 0 Å². The van der Waals surface area contributed by atoms with E-state index in [4.69, 9.17) is 15.2 Å². The largest absolute Gasteiger partial charge is 0.477 e. The Balaban J connectivity index is 1.84. The molecule has 0 spiro atoms. The summed E-state index contributed by atoms with van der Waals surface area (Å²) in [6.45, 7) is 7.47. The maximum atomic E-state index is 12.1. The van der Waals surface area contributed by atoms with Gasteiger partial charge < -0.3 is 20.1 Å². The number of nitrogens with zero attached hydrogens (tertiary/aromatic N) is 3. The van der Waals surface area contributed by atoms with Crippen molar-refractivity contribution in [3.8, 4) is 5.88 Å². The molecule has 0 aromatic carbocycles. The molecule has 2 heterocycles. The Labute approximate surface area is 130 Å². The maximum Gasteiger partial charge on any atom is 0.410 e. The summed E-state index contributed by atoms with van der Waals surface area (Å²) in [5.41, 5.74) is 5.11. The zero-order valence-corrected chi connectivity index (χ0v) is 13.4. The molecule has 0 radical (unpaired) electrons. The molecule has 0 bridgehead atoms. The van der Waals surface area contributed by atoms with E-state index >= 15 is 0 Å². The summed E-state index contributed by atoms with van der Waals surface area (Å²) in [6.07, 6.45) is 3.07. The van der Waals surface area contributed by atoms with E-state index in [1.165, 1.54) is 6.33 Å². The monoisotopic (exact) mass is 308 g/mol. The van der Waals surface area contributed by atoms with E-state index in [9.17, 15) is 4.79 Å². The zero-order chi connectivity index (χ0) is 16.2. The molecule has 1 aliphatic rings. The second-order valence-corrected chi connectivity index (χ2v) is 6.53. The normalized spacial score (nSPS) is 18.9. The van der Waals surface area contributed by atoms with E-state index in [2.05, 4.69) is 9.97 Å². The summed E-state index contributed by atoms with van der Waals surface area (Å²) in [5, 5.41) is 0. The highest BCUT2D eigenvalue weighted by molar-refractivity contribution is 5.68. The predicted octanol–water partition coefficient (Wildman–Crippen LogP) is 2.08. The lowest BCUT2D eigenvalue weighted by molar-refractivity contribution is 0.0138. The van der Waals surface area contributed by atoms with Crippen molar-refractivity contribution in [2.45, 2.75) is 39.2 Å². The molecule has 1 atom stereocenters. The Morgan fingerprint density at radius 2 is 2.23 bits per heavy atom. The van der Waals surface area contributed by atoms with Crippen molar-refractivity contribution < 1.29 is 14.3 Å². The highest BCUT2D eigenvalue weighted by Gasteiger charge is 2.27. The molecule has 0 saturated carbocycles. The van der Waals surface area contributed by atoms with Crippen LogP contribution in [0.4, 0.5) is 10.6 Å². The van der Waals surface area contributed by atoms with Gasteiger partial charge in [-0.05, 0) is 33.6 Å². The van der Waals surface area contributed by atoms with Crippen LogP contribution in [0.2, 0.25) is 0 Å². The first-order valence-corrected chi connectivity index (χ1v) is 7.52. The van der Waals surface area contributed by atoms with Crippen molar-refractivity contribution in [2.75, 3.05) is 25.4 Å². The Hall–Kier alpha value is -2.05. The number of hydrogen-bond acceptors (Lipinski definition) is 6. The Morgan fingerprint density at radius 1 is 1.45 bits per heavy atom. The van der Waals surface area contributed by atoms with Gasteiger partial charge in [-0.3, -0.25) is 0 Å². The number of amides is 1. The number of rotatable bonds is 3. The smallest absolute Gasteiger partial charge is 0.410 e. The van der Waals surface area contributed by atoms with E-state index in [-0.39, 0.29) is 12.0 Å². The minimum absolute atomic E-state index is 0.261. The van der Waals surface area contributed by atoms with Gasteiger partial charge in [0.25, 0.3) is 0 Å². The van der Waals surface area contributed by atoms with Gasteiger partial charge in [-0.25, -0.2) is 14.8 Å². The standard InChI is InChI=1S/C15H24N4O3/c1-15(2,3)22-14(20)19-6-4-5-11(8-19)9-21-13-7-12(16)17-10-18-13/h7,10-11H,4-6,8-9H2,1-3H3,(H2,16,17,18). The van der Waals surface area contributed by atoms with Gasteiger partial charge in [0.2, 0.25) is 5.88 Å². The minimum Gasteiger partial charge on any atom is -0.477 e. The van der Waals surface area contributed by atoms with Crippen LogP contribution in [-0.2, 0) is 4.74 Å². The molecule has 7 heteroatoms. The van der Waals surface area contributed by atoms with Crippen LogP contribution in [0.1, 0.15) is 33.6 Å². The van der Waals surface area contributed by atoms with Crippen molar-refractivity contribution in [3.63, 3.8) is 0 Å². The maximum absolute atomic E-state index is 12.1. The second-order valence-electron chi connectivity index (χ2n) is 6.53. The van der Waals surface area contributed by atoms with E-state index in [0.717, 1.165) is 19.4 Å². The lowest BCUT2D eigenvalue weighted by Gasteiger charge is -2.33. The summed E-state index contributed by atoms with van der Waals surface area (Å²) >= 11 is 0. The molecular weight excluding hydrogens is 284 g/mol. The first-order valence-electron chi connectivity index (χ1n) is 7.52. The van der Waals surface area contributed by atoms with Crippen molar-refractivity contribution in [1.82, 2.24) is 14.9 Å². The van der Waals surface area contributed by atoms with Crippen molar-refractivity contribution in [3.05, 3.63) is 12.4 Å². The van der Waals surface area contributed by atoms with E-state index in [1.807, 2.05) is 20.8 Å². The lowest BCUT2D eigenvalue weighted by atomic mass is 9.99. The molecule has 1 aromatic heterocycles. The van der Waals surface area contributed by atoms with Gasteiger partial charge in [-0.15, -0.1) is 0 Å². The average molecular weight is 308 g/mol. The second kappa shape index (κ2) is 6.81. The summed E-state index contributed by atoms with van der Waals surface area (Å²) in [7, 11) is 0. The Kier molecular flexibility index (Phi) is 5.05. The van der Waals surface area contributed by atoms with Crippen LogP contribution in [-0.4, -0.2) is 46.3 Å². The molecule has 1 aliphatic heterocycles. The van der Waals surface area contributed by atoms with Gasteiger partial charge in [0, 0.05) is 25.1 Å². The predicted molar refractivity (Wildman–Crippen MR) is 82.5 cm³/mol. The van der Waals surface area contributed by atoms with Gasteiger partial charge in [-0.1, -0.05) is 0 Å². The summed E-state index contributed by atoms with van der Waals surface area (Å²) in [5.74, 6) is 1.10.